The number of nitrogens with zero attached hydrogens (tertiary/aromatic N) is 1. The molecule has 0 N–H and O–H groups in total. The molecule has 0 atom stereocenters. The van der Waals surface area contributed by atoms with E-state index < -0.39 is 18.6 Å². The van der Waals surface area contributed by atoms with Crippen LogP contribution in [0.25, 0.3) is 0 Å². The monoisotopic (exact) mass is 197 g/mol. The fraction of sp³-hybridized carbons (Fsp3) is 0.875. The Kier molecular flexibility index (Phi) is 4.80. The summed E-state index contributed by atoms with van der Waals surface area (Å²) in [6.07, 6.45) is -2.65. The van der Waals surface area contributed by atoms with Crippen molar-refractivity contribution in [2.75, 3.05) is 13.6 Å². The van der Waals surface area contributed by atoms with E-state index in [1.165, 1.54) is 7.05 Å². The van der Waals surface area contributed by atoms with Gasteiger partial charge in [-0.1, -0.05) is 13.3 Å². The first-order chi connectivity index (χ1) is 5.87. The van der Waals surface area contributed by atoms with Crippen molar-refractivity contribution in [3.05, 3.63) is 0 Å². The molecule has 78 valence electrons. The molecule has 2 nitrogen and oxygen atoms in total. The van der Waals surface area contributed by atoms with Gasteiger partial charge in [0.05, 0.1) is 0 Å². The maximum atomic E-state index is 11.8. The minimum atomic E-state index is -4.30. The molecule has 0 spiro atoms. The Morgan fingerprint density at radius 1 is 1.38 bits per heavy atom. The van der Waals surface area contributed by atoms with Crippen molar-refractivity contribution in [1.82, 2.24) is 4.90 Å². The van der Waals surface area contributed by atoms with Crippen LogP contribution in [0, 0.1) is 0 Å². The van der Waals surface area contributed by atoms with Crippen LogP contribution in [0.15, 0.2) is 0 Å². The Bertz CT molecular complexity index is 167. The summed E-state index contributed by atoms with van der Waals surface area (Å²) >= 11 is 0. The number of alkyl halides is 3. The second-order valence-electron chi connectivity index (χ2n) is 2.97. The molecular weight excluding hydrogens is 183 g/mol. The van der Waals surface area contributed by atoms with Crippen molar-refractivity contribution < 1.29 is 18.0 Å². The minimum absolute atomic E-state index is 0.197. The van der Waals surface area contributed by atoms with E-state index >= 15 is 0 Å². The summed E-state index contributed by atoms with van der Waals surface area (Å²) in [5.74, 6) is -0.445. The standard InChI is InChI=1S/C8H14F3NO/c1-3-4-5-7(13)12(2)6-8(9,10)11/h3-6H2,1-2H3. The molecule has 0 rings (SSSR count). The average molecular weight is 197 g/mol. The summed E-state index contributed by atoms with van der Waals surface area (Å²) in [6, 6.07) is 0. The highest BCUT2D eigenvalue weighted by Crippen LogP contribution is 2.16. The highest BCUT2D eigenvalue weighted by Gasteiger charge is 2.30. The highest BCUT2D eigenvalue weighted by atomic mass is 19.4. The van der Waals surface area contributed by atoms with Crippen LogP contribution in [-0.4, -0.2) is 30.6 Å². The topological polar surface area (TPSA) is 20.3 Å². The average Bonchev–Trinajstić information content (AvgIpc) is 1.96. The van der Waals surface area contributed by atoms with Crippen molar-refractivity contribution in [2.45, 2.75) is 32.4 Å². The summed E-state index contributed by atoms with van der Waals surface area (Å²) in [4.78, 5) is 11.7. The molecule has 0 aromatic carbocycles. The molecular formula is C8H14F3NO. The van der Waals surface area contributed by atoms with Crippen molar-refractivity contribution in [2.24, 2.45) is 0 Å². The van der Waals surface area contributed by atoms with Crippen molar-refractivity contribution >= 4 is 5.91 Å². The van der Waals surface area contributed by atoms with Crippen LogP contribution in [0.3, 0.4) is 0 Å². The van der Waals surface area contributed by atoms with Gasteiger partial charge in [0.2, 0.25) is 5.91 Å². The van der Waals surface area contributed by atoms with Gasteiger partial charge in [-0.05, 0) is 6.42 Å². The number of carbonyl (C=O) groups excluding carboxylic acids is 1. The van der Waals surface area contributed by atoms with E-state index in [4.69, 9.17) is 0 Å². The molecule has 0 bridgehead atoms. The number of hydrogen-bond donors (Lipinski definition) is 0. The van der Waals surface area contributed by atoms with Crippen molar-refractivity contribution in [3.8, 4) is 0 Å². The van der Waals surface area contributed by atoms with E-state index in [0.29, 0.717) is 6.42 Å². The molecule has 1 amide bonds. The Labute approximate surface area is 75.7 Å². The van der Waals surface area contributed by atoms with Gasteiger partial charge in [-0.15, -0.1) is 0 Å². The van der Waals surface area contributed by atoms with E-state index in [0.717, 1.165) is 11.3 Å². The van der Waals surface area contributed by atoms with Gasteiger partial charge in [0.1, 0.15) is 6.54 Å². The maximum Gasteiger partial charge on any atom is 0.406 e. The summed E-state index contributed by atoms with van der Waals surface area (Å²) in [5.41, 5.74) is 0. The number of amides is 1. The predicted molar refractivity (Wildman–Crippen MR) is 43.2 cm³/mol. The van der Waals surface area contributed by atoms with Crippen LogP contribution in [0.4, 0.5) is 13.2 Å². The predicted octanol–water partition coefficient (Wildman–Crippen LogP) is 2.20. The van der Waals surface area contributed by atoms with Crippen LogP contribution < -0.4 is 0 Å². The van der Waals surface area contributed by atoms with Crippen LogP contribution in [0.5, 0.6) is 0 Å². The Morgan fingerprint density at radius 3 is 2.31 bits per heavy atom. The third-order valence-electron chi connectivity index (χ3n) is 1.59. The van der Waals surface area contributed by atoms with Crippen LogP contribution in [0.2, 0.25) is 0 Å². The molecule has 5 heteroatoms. The highest BCUT2D eigenvalue weighted by molar-refractivity contribution is 5.75. The molecule has 0 aliphatic carbocycles. The molecule has 0 heterocycles. The Hall–Kier alpha value is -0.740. The van der Waals surface area contributed by atoms with Gasteiger partial charge in [0.25, 0.3) is 0 Å². The van der Waals surface area contributed by atoms with Crippen LogP contribution in [0.1, 0.15) is 26.2 Å². The SMILES string of the molecule is CCCCC(=O)N(C)CC(F)(F)F. The lowest BCUT2D eigenvalue weighted by Crippen LogP contribution is -2.35. The number of carbonyl (C=O) groups is 1. The Balaban J connectivity index is 3.83. The first-order valence-corrected chi connectivity index (χ1v) is 4.17. The zero-order valence-electron chi connectivity index (χ0n) is 7.82. The van der Waals surface area contributed by atoms with Gasteiger partial charge in [0, 0.05) is 13.5 Å². The van der Waals surface area contributed by atoms with E-state index in [-0.39, 0.29) is 6.42 Å². The van der Waals surface area contributed by atoms with Gasteiger partial charge < -0.3 is 4.90 Å². The Morgan fingerprint density at radius 2 is 1.92 bits per heavy atom. The smallest absolute Gasteiger partial charge is 0.337 e. The molecule has 0 saturated heterocycles. The normalized spacial score (nSPS) is 11.5. The van der Waals surface area contributed by atoms with Gasteiger partial charge >= 0.3 is 6.18 Å². The molecule has 0 fully saturated rings. The first-order valence-electron chi connectivity index (χ1n) is 4.17. The molecule has 0 radical (unpaired) electrons. The maximum absolute atomic E-state index is 11.8. The van der Waals surface area contributed by atoms with Crippen molar-refractivity contribution in [1.29, 1.82) is 0 Å². The van der Waals surface area contributed by atoms with E-state index in [1.807, 2.05) is 6.92 Å². The number of unbranched alkanes of at least 4 members (excludes halogenated alkanes) is 1. The molecule has 13 heavy (non-hydrogen) atoms. The number of rotatable bonds is 4. The quantitative estimate of drug-likeness (QED) is 0.676. The second kappa shape index (κ2) is 5.09. The van der Waals surface area contributed by atoms with Gasteiger partial charge in [0.15, 0.2) is 0 Å². The molecule has 0 aliphatic rings. The summed E-state index contributed by atoms with van der Waals surface area (Å²) in [6.45, 7) is 0.729. The fourth-order valence-corrected chi connectivity index (χ4v) is 0.876. The van der Waals surface area contributed by atoms with Crippen molar-refractivity contribution in [3.63, 3.8) is 0 Å². The second-order valence-corrected chi connectivity index (χ2v) is 2.97. The van der Waals surface area contributed by atoms with E-state index in [2.05, 4.69) is 0 Å². The fourth-order valence-electron chi connectivity index (χ4n) is 0.876. The lowest BCUT2D eigenvalue weighted by atomic mass is 10.2. The van der Waals surface area contributed by atoms with Gasteiger partial charge in [-0.25, -0.2) is 0 Å². The largest absolute Gasteiger partial charge is 0.406 e. The zero-order chi connectivity index (χ0) is 10.5. The van der Waals surface area contributed by atoms with Crippen LogP contribution in [-0.2, 0) is 4.79 Å². The third kappa shape index (κ3) is 6.42. The van der Waals surface area contributed by atoms with Gasteiger partial charge in [-0.3, -0.25) is 4.79 Å². The van der Waals surface area contributed by atoms with Crippen LogP contribution >= 0.6 is 0 Å². The molecule has 0 saturated carbocycles. The third-order valence-corrected chi connectivity index (χ3v) is 1.59. The summed E-state index contributed by atoms with van der Waals surface area (Å²) < 4.78 is 35.4. The zero-order valence-corrected chi connectivity index (χ0v) is 7.82. The molecule has 0 aliphatic heterocycles. The lowest BCUT2D eigenvalue weighted by Gasteiger charge is -2.18. The van der Waals surface area contributed by atoms with E-state index in [1.54, 1.807) is 0 Å². The number of halogens is 3. The lowest BCUT2D eigenvalue weighted by molar-refractivity contribution is -0.158. The summed E-state index contributed by atoms with van der Waals surface area (Å²) in [5, 5.41) is 0. The van der Waals surface area contributed by atoms with E-state index in [9.17, 15) is 18.0 Å². The number of hydrogen-bond acceptors (Lipinski definition) is 1. The molecule has 0 aromatic rings. The summed E-state index contributed by atoms with van der Waals surface area (Å²) in [7, 11) is 1.17. The molecule has 0 aromatic heterocycles. The minimum Gasteiger partial charge on any atom is -0.337 e. The van der Waals surface area contributed by atoms with Gasteiger partial charge in [-0.2, -0.15) is 13.2 Å². The molecule has 0 unspecified atom stereocenters. The first kappa shape index (κ1) is 12.3.